The molecule has 0 aromatic heterocycles. The molecule has 0 unspecified atom stereocenters. The van der Waals surface area contributed by atoms with Crippen LogP contribution in [-0.4, -0.2) is 19.1 Å². The molecule has 16 heavy (non-hydrogen) atoms. The number of nitrogens with zero attached hydrogens (tertiary/aromatic N) is 3. The molecule has 1 aromatic carbocycles. The Balaban J connectivity index is 2.92. The van der Waals surface area contributed by atoms with E-state index in [-0.39, 0.29) is 0 Å². The van der Waals surface area contributed by atoms with Crippen LogP contribution in [0.4, 0.5) is 5.69 Å². The minimum atomic E-state index is -1.27. The summed E-state index contributed by atoms with van der Waals surface area (Å²) in [4.78, 5) is 10.7. The molecule has 1 rings (SSSR count). The quantitative estimate of drug-likeness (QED) is 0.767. The van der Waals surface area contributed by atoms with Gasteiger partial charge in [-0.2, -0.15) is 15.5 Å². The molecule has 0 saturated heterocycles. The second-order valence-corrected chi connectivity index (χ2v) is 2.82. The number of nitrogens with two attached hydrogens (primary N) is 1. The molecule has 0 aliphatic heterocycles. The van der Waals surface area contributed by atoms with E-state index >= 15 is 0 Å². The summed E-state index contributed by atoms with van der Waals surface area (Å²) in [6.45, 7) is 0. The van der Waals surface area contributed by atoms with Gasteiger partial charge in [0.2, 0.25) is 6.04 Å². The zero-order valence-electron chi connectivity index (χ0n) is 8.62. The summed E-state index contributed by atoms with van der Waals surface area (Å²) in [5.74, 6) is -0.325. The molecule has 82 valence electrons. The lowest BCUT2D eigenvalue weighted by Crippen LogP contribution is -2.24. The number of hydrogen-bond acceptors (Lipinski definition) is 5. The highest BCUT2D eigenvalue weighted by Crippen LogP contribution is 2.26. The van der Waals surface area contributed by atoms with Gasteiger partial charge < -0.3 is 10.5 Å². The number of azo groups is 1. The number of benzene rings is 1. The van der Waals surface area contributed by atoms with E-state index in [1.165, 1.54) is 7.11 Å². The molecule has 0 bridgehead atoms. The van der Waals surface area contributed by atoms with Crippen LogP contribution in [0.5, 0.6) is 5.75 Å². The first-order valence-corrected chi connectivity index (χ1v) is 4.42. The van der Waals surface area contributed by atoms with Crippen molar-refractivity contribution in [3.63, 3.8) is 0 Å². The van der Waals surface area contributed by atoms with Gasteiger partial charge in [0.25, 0.3) is 5.91 Å². The number of methoxy groups -OCH3 is 1. The number of rotatable bonds is 4. The maximum Gasteiger partial charge on any atom is 0.258 e. The van der Waals surface area contributed by atoms with Crippen molar-refractivity contribution < 1.29 is 9.53 Å². The Hall–Kier alpha value is -2.42. The highest BCUT2D eigenvalue weighted by molar-refractivity contribution is 5.82. The molecule has 0 fully saturated rings. The van der Waals surface area contributed by atoms with Gasteiger partial charge in [-0.05, 0) is 12.1 Å². The largest absolute Gasteiger partial charge is 0.494 e. The van der Waals surface area contributed by atoms with E-state index in [4.69, 9.17) is 15.7 Å². The lowest BCUT2D eigenvalue weighted by molar-refractivity contribution is -0.118. The Morgan fingerprint density at radius 1 is 1.56 bits per heavy atom. The summed E-state index contributed by atoms with van der Waals surface area (Å²) in [7, 11) is 1.49. The molecule has 1 atom stereocenters. The van der Waals surface area contributed by atoms with E-state index in [1.54, 1.807) is 30.3 Å². The summed E-state index contributed by atoms with van der Waals surface area (Å²) in [6.07, 6.45) is 0. The van der Waals surface area contributed by atoms with Crippen molar-refractivity contribution in [3.8, 4) is 11.8 Å². The van der Waals surface area contributed by atoms with Gasteiger partial charge in [-0.25, -0.2) is 0 Å². The second kappa shape index (κ2) is 5.46. The fraction of sp³-hybridized carbons (Fsp3) is 0.200. The normalized spacial score (nSPS) is 12.0. The van der Waals surface area contributed by atoms with Crippen LogP contribution in [0.1, 0.15) is 0 Å². The SMILES string of the molecule is COc1ccccc1N=N[C@@H](C#N)C(N)=O. The molecule has 0 aliphatic carbocycles. The van der Waals surface area contributed by atoms with Crippen LogP contribution in [0.3, 0.4) is 0 Å². The van der Waals surface area contributed by atoms with Crippen molar-refractivity contribution in [2.75, 3.05) is 7.11 Å². The number of ether oxygens (including phenoxy) is 1. The number of primary amides is 1. The predicted octanol–water partition coefficient (Wildman–Crippen LogP) is 1.16. The smallest absolute Gasteiger partial charge is 0.258 e. The molecule has 2 N–H and O–H groups in total. The molecule has 0 heterocycles. The Kier molecular flexibility index (Phi) is 3.98. The third kappa shape index (κ3) is 2.78. The molecular weight excluding hydrogens is 208 g/mol. The lowest BCUT2D eigenvalue weighted by atomic mass is 10.3. The van der Waals surface area contributed by atoms with Crippen LogP contribution < -0.4 is 10.5 Å². The summed E-state index contributed by atoms with van der Waals surface area (Å²) < 4.78 is 5.02. The topological polar surface area (TPSA) is 101 Å². The number of carbonyl (C=O) groups is 1. The van der Waals surface area contributed by atoms with E-state index in [2.05, 4.69) is 10.2 Å². The fourth-order valence-electron chi connectivity index (χ4n) is 0.979. The maximum atomic E-state index is 10.7. The monoisotopic (exact) mass is 218 g/mol. The molecule has 1 amide bonds. The lowest BCUT2D eigenvalue weighted by Gasteiger charge is -2.02. The zero-order valence-corrected chi connectivity index (χ0v) is 8.62. The maximum absolute atomic E-state index is 10.7. The van der Waals surface area contributed by atoms with Crippen LogP contribution in [0.2, 0.25) is 0 Å². The molecule has 6 nitrogen and oxygen atoms in total. The first kappa shape index (κ1) is 11.7. The van der Waals surface area contributed by atoms with E-state index in [9.17, 15) is 4.79 Å². The highest BCUT2D eigenvalue weighted by atomic mass is 16.5. The first-order valence-electron chi connectivity index (χ1n) is 4.42. The molecule has 1 aromatic rings. The molecular formula is C10H10N4O2. The van der Waals surface area contributed by atoms with Crippen molar-refractivity contribution in [1.29, 1.82) is 5.26 Å². The average Bonchev–Trinajstić information content (AvgIpc) is 2.30. The van der Waals surface area contributed by atoms with Crippen LogP contribution >= 0.6 is 0 Å². The Morgan fingerprint density at radius 3 is 2.81 bits per heavy atom. The minimum absolute atomic E-state index is 0.437. The van der Waals surface area contributed by atoms with Gasteiger partial charge in [-0.3, -0.25) is 4.79 Å². The average molecular weight is 218 g/mol. The minimum Gasteiger partial charge on any atom is -0.494 e. The second-order valence-electron chi connectivity index (χ2n) is 2.82. The van der Waals surface area contributed by atoms with Crippen molar-refractivity contribution in [3.05, 3.63) is 24.3 Å². The van der Waals surface area contributed by atoms with E-state index in [1.807, 2.05) is 0 Å². The molecule has 6 heteroatoms. The Bertz CT molecular complexity index is 450. The van der Waals surface area contributed by atoms with Crippen LogP contribution in [-0.2, 0) is 4.79 Å². The summed E-state index contributed by atoms with van der Waals surface area (Å²) in [5.41, 5.74) is 5.37. The van der Waals surface area contributed by atoms with Crippen LogP contribution in [0.25, 0.3) is 0 Å². The number of para-hydroxylation sites is 1. The molecule has 0 aliphatic rings. The molecule has 0 spiro atoms. The zero-order chi connectivity index (χ0) is 12.0. The van der Waals surface area contributed by atoms with E-state index in [0.29, 0.717) is 11.4 Å². The standard InChI is InChI=1S/C10H10N4O2/c1-16-9-5-3-2-4-7(9)13-14-8(6-11)10(12)15/h2-5,8H,1H3,(H2,12,15)/t8-/m0/s1. The third-order valence-electron chi connectivity index (χ3n) is 1.76. The Labute approximate surface area is 92.3 Å². The van der Waals surface area contributed by atoms with E-state index in [0.717, 1.165) is 0 Å². The van der Waals surface area contributed by atoms with Crippen LogP contribution in [0.15, 0.2) is 34.5 Å². The highest BCUT2D eigenvalue weighted by Gasteiger charge is 2.12. The third-order valence-corrected chi connectivity index (χ3v) is 1.76. The Morgan fingerprint density at radius 2 is 2.25 bits per heavy atom. The van der Waals surface area contributed by atoms with Crippen molar-refractivity contribution in [1.82, 2.24) is 0 Å². The predicted molar refractivity (Wildman–Crippen MR) is 56.1 cm³/mol. The van der Waals surface area contributed by atoms with Crippen LogP contribution in [0, 0.1) is 11.3 Å². The number of hydrogen-bond donors (Lipinski definition) is 1. The summed E-state index contributed by atoms with van der Waals surface area (Å²) in [5, 5.41) is 15.8. The van der Waals surface area contributed by atoms with Gasteiger partial charge in [-0.1, -0.05) is 12.1 Å². The molecule has 0 radical (unpaired) electrons. The number of carbonyl (C=O) groups excluding carboxylic acids is 1. The van der Waals surface area contributed by atoms with Crippen molar-refractivity contribution in [2.24, 2.45) is 16.0 Å². The van der Waals surface area contributed by atoms with Gasteiger partial charge in [0, 0.05) is 0 Å². The van der Waals surface area contributed by atoms with E-state index < -0.39 is 11.9 Å². The number of amides is 1. The van der Waals surface area contributed by atoms with Crippen molar-refractivity contribution >= 4 is 11.6 Å². The summed E-state index contributed by atoms with van der Waals surface area (Å²) in [6, 6.07) is 7.22. The summed E-state index contributed by atoms with van der Waals surface area (Å²) >= 11 is 0. The van der Waals surface area contributed by atoms with Crippen molar-refractivity contribution in [2.45, 2.75) is 6.04 Å². The van der Waals surface area contributed by atoms with Gasteiger partial charge in [0.1, 0.15) is 17.5 Å². The number of nitriles is 1. The van der Waals surface area contributed by atoms with Gasteiger partial charge >= 0.3 is 0 Å². The first-order chi connectivity index (χ1) is 7.69. The van der Waals surface area contributed by atoms with Gasteiger partial charge in [0.05, 0.1) is 7.11 Å². The molecule has 0 saturated carbocycles. The van der Waals surface area contributed by atoms with Gasteiger partial charge in [-0.15, -0.1) is 0 Å². The van der Waals surface area contributed by atoms with Gasteiger partial charge in [0.15, 0.2) is 0 Å². The fourth-order valence-corrected chi connectivity index (χ4v) is 0.979.